The molecular formula is C16H21N3O6. The Kier molecular flexibility index (Phi) is 7.91. The average Bonchev–Trinajstić information content (AvgIpc) is 2.62. The van der Waals surface area contributed by atoms with Crippen molar-refractivity contribution in [3.63, 3.8) is 0 Å². The van der Waals surface area contributed by atoms with Crippen LogP contribution in [0.25, 0.3) is 0 Å². The largest absolute Gasteiger partial charge is 0.497 e. The molecule has 0 unspecified atom stereocenters. The number of esters is 1. The van der Waals surface area contributed by atoms with Crippen LogP contribution in [0.4, 0.5) is 0 Å². The molecule has 1 aromatic rings. The number of benzene rings is 1. The second kappa shape index (κ2) is 9.91. The normalized spacial score (nSPS) is 9.72. The topological polar surface area (TPSA) is 114 Å². The summed E-state index contributed by atoms with van der Waals surface area (Å²) in [6.07, 6.45) is 0. The second-order valence-electron chi connectivity index (χ2n) is 5.14. The third-order valence-electron chi connectivity index (χ3n) is 3.03. The van der Waals surface area contributed by atoms with Gasteiger partial charge in [0.25, 0.3) is 11.8 Å². The summed E-state index contributed by atoms with van der Waals surface area (Å²) in [6, 6.07) is 6.42. The fourth-order valence-corrected chi connectivity index (χ4v) is 1.60. The molecule has 0 bridgehead atoms. The third-order valence-corrected chi connectivity index (χ3v) is 3.03. The number of hydrogen-bond acceptors (Lipinski definition) is 6. The fourth-order valence-electron chi connectivity index (χ4n) is 1.60. The zero-order valence-corrected chi connectivity index (χ0v) is 14.3. The Morgan fingerprint density at radius 1 is 1.08 bits per heavy atom. The minimum absolute atomic E-state index is 0.185. The van der Waals surface area contributed by atoms with Crippen molar-refractivity contribution < 1.29 is 28.7 Å². The van der Waals surface area contributed by atoms with Crippen LogP contribution >= 0.6 is 0 Å². The van der Waals surface area contributed by atoms with Crippen molar-refractivity contribution in [1.82, 2.24) is 15.5 Å². The lowest BCUT2D eigenvalue weighted by Gasteiger charge is -2.11. The maximum atomic E-state index is 11.9. The van der Waals surface area contributed by atoms with Gasteiger partial charge in [0.1, 0.15) is 12.3 Å². The molecular weight excluding hydrogens is 330 g/mol. The Balaban J connectivity index is 2.31. The van der Waals surface area contributed by atoms with Gasteiger partial charge >= 0.3 is 5.97 Å². The fraction of sp³-hybridized carbons (Fsp3) is 0.375. The van der Waals surface area contributed by atoms with E-state index < -0.39 is 24.4 Å². The number of likely N-dealkylation sites (N-methyl/N-ethyl adjacent to an activating group) is 1. The minimum Gasteiger partial charge on any atom is -0.497 e. The van der Waals surface area contributed by atoms with Crippen LogP contribution in [0.1, 0.15) is 10.4 Å². The highest BCUT2D eigenvalue weighted by atomic mass is 16.5. The Labute approximate surface area is 145 Å². The van der Waals surface area contributed by atoms with Crippen molar-refractivity contribution >= 4 is 23.7 Å². The molecule has 0 atom stereocenters. The molecule has 1 aromatic carbocycles. The summed E-state index contributed by atoms with van der Waals surface area (Å²) in [4.78, 5) is 47.5. The van der Waals surface area contributed by atoms with Gasteiger partial charge in [-0.2, -0.15) is 0 Å². The number of carbonyl (C=O) groups is 4. The van der Waals surface area contributed by atoms with Crippen LogP contribution in [-0.2, 0) is 19.1 Å². The summed E-state index contributed by atoms with van der Waals surface area (Å²) in [5.74, 6) is -1.63. The molecule has 0 aliphatic carbocycles. The standard InChI is InChI=1S/C16H21N3O6/c1-19(2)14(21)8-17-13(20)10-25-15(22)9-18-16(23)11-5-4-6-12(7-11)24-3/h4-7H,8-10H2,1-3H3,(H,17,20)(H,18,23). The van der Waals surface area contributed by atoms with Crippen molar-refractivity contribution in [2.45, 2.75) is 0 Å². The van der Waals surface area contributed by atoms with Gasteiger partial charge in [-0.1, -0.05) is 6.07 Å². The number of rotatable bonds is 8. The highest BCUT2D eigenvalue weighted by Gasteiger charge is 2.12. The summed E-state index contributed by atoms with van der Waals surface area (Å²) in [6.45, 7) is -1.11. The van der Waals surface area contributed by atoms with Crippen molar-refractivity contribution in [3.8, 4) is 5.75 Å². The van der Waals surface area contributed by atoms with Crippen LogP contribution in [0.2, 0.25) is 0 Å². The number of nitrogens with one attached hydrogen (secondary N) is 2. The second-order valence-corrected chi connectivity index (χ2v) is 5.14. The molecule has 1 rings (SSSR count). The smallest absolute Gasteiger partial charge is 0.325 e. The monoisotopic (exact) mass is 351 g/mol. The van der Waals surface area contributed by atoms with Crippen LogP contribution < -0.4 is 15.4 Å². The number of hydrogen-bond donors (Lipinski definition) is 2. The van der Waals surface area contributed by atoms with E-state index in [1.807, 2.05) is 0 Å². The first kappa shape index (κ1) is 19.9. The lowest BCUT2D eigenvalue weighted by molar-refractivity contribution is -0.147. The molecule has 0 spiro atoms. The summed E-state index contributed by atoms with van der Waals surface area (Å²) in [7, 11) is 4.59. The summed E-state index contributed by atoms with van der Waals surface area (Å²) >= 11 is 0. The van der Waals surface area contributed by atoms with E-state index in [4.69, 9.17) is 9.47 Å². The Hall–Kier alpha value is -3.10. The first-order chi connectivity index (χ1) is 11.8. The van der Waals surface area contributed by atoms with E-state index in [0.717, 1.165) is 0 Å². The zero-order valence-electron chi connectivity index (χ0n) is 14.3. The van der Waals surface area contributed by atoms with E-state index in [0.29, 0.717) is 11.3 Å². The maximum Gasteiger partial charge on any atom is 0.325 e. The van der Waals surface area contributed by atoms with E-state index >= 15 is 0 Å². The van der Waals surface area contributed by atoms with Gasteiger partial charge in [-0.25, -0.2) is 0 Å². The van der Waals surface area contributed by atoms with Crippen LogP contribution in [0.15, 0.2) is 24.3 Å². The summed E-state index contributed by atoms with van der Waals surface area (Å²) in [5.41, 5.74) is 0.326. The Morgan fingerprint density at radius 3 is 2.44 bits per heavy atom. The van der Waals surface area contributed by atoms with Gasteiger partial charge in [0.15, 0.2) is 6.61 Å². The number of amides is 3. The van der Waals surface area contributed by atoms with E-state index in [-0.39, 0.29) is 19.0 Å². The average molecular weight is 351 g/mol. The van der Waals surface area contributed by atoms with Crippen molar-refractivity contribution in [3.05, 3.63) is 29.8 Å². The molecule has 3 amide bonds. The third kappa shape index (κ3) is 7.34. The van der Waals surface area contributed by atoms with Gasteiger partial charge in [0, 0.05) is 19.7 Å². The van der Waals surface area contributed by atoms with Gasteiger partial charge in [0.05, 0.1) is 13.7 Å². The zero-order chi connectivity index (χ0) is 18.8. The van der Waals surface area contributed by atoms with Crippen LogP contribution in [0.5, 0.6) is 5.75 Å². The van der Waals surface area contributed by atoms with E-state index in [1.54, 1.807) is 32.3 Å². The molecule has 0 saturated carbocycles. The predicted molar refractivity (Wildman–Crippen MR) is 88.0 cm³/mol. The Bertz CT molecular complexity index is 645. The number of ether oxygens (including phenoxy) is 2. The number of methoxy groups -OCH3 is 1. The molecule has 0 aliphatic heterocycles. The van der Waals surface area contributed by atoms with Crippen molar-refractivity contribution in [2.75, 3.05) is 40.9 Å². The molecule has 0 radical (unpaired) electrons. The van der Waals surface area contributed by atoms with Gasteiger partial charge in [-0.15, -0.1) is 0 Å². The SMILES string of the molecule is COc1cccc(C(=O)NCC(=O)OCC(=O)NCC(=O)N(C)C)c1. The highest BCUT2D eigenvalue weighted by molar-refractivity contribution is 5.96. The lowest BCUT2D eigenvalue weighted by Crippen LogP contribution is -2.39. The highest BCUT2D eigenvalue weighted by Crippen LogP contribution is 2.12. The van der Waals surface area contributed by atoms with E-state index in [2.05, 4.69) is 10.6 Å². The molecule has 25 heavy (non-hydrogen) atoms. The quantitative estimate of drug-likeness (QED) is 0.591. The van der Waals surface area contributed by atoms with Crippen molar-refractivity contribution in [1.29, 1.82) is 0 Å². The minimum atomic E-state index is -0.773. The van der Waals surface area contributed by atoms with Gasteiger partial charge in [-0.05, 0) is 18.2 Å². The van der Waals surface area contributed by atoms with Gasteiger partial charge in [0.2, 0.25) is 5.91 Å². The summed E-state index contributed by atoms with van der Waals surface area (Å²) < 4.78 is 9.72. The molecule has 9 nitrogen and oxygen atoms in total. The van der Waals surface area contributed by atoms with Crippen LogP contribution in [0.3, 0.4) is 0 Å². The molecule has 0 aliphatic rings. The molecule has 0 aromatic heterocycles. The summed E-state index contributed by atoms with van der Waals surface area (Å²) in [5, 5.41) is 4.69. The number of nitrogens with zero attached hydrogens (tertiary/aromatic N) is 1. The molecule has 0 fully saturated rings. The molecule has 9 heteroatoms. The predicted octanol–water partition coefficient (Wildman–Crippen LogP) is -0.827. The Morgan fingerprint density at radius 2 is 1.80 bits per heavy atom. The van der Waals surface area contributed by atoms with Crippen LogP contribution in [0, 0.1) is 0 Å². The van der Waals surface area contributed by atoms with E-state index in [1.165, 1.54) is 18.1 Å². The van der Waals surface area contributed by atoms with Gasteiger partial charge in [-0.3, -0.25) is 19.2 Å². The molecule has 136 valence electrons. The molecule has 2 N–H and O–H groups in total. The maximum absolute atomic E-state index is 11.9. The van der Waals surface area contributed by atoms with Crippen molar-refractivity contribution in [2.24, 2.45) is 0 Å². The molecule has 0 heterocycles. The van der Waals surface area contributed by atoms with E-state index in [9.17, 15) is 19.2 Å². The van der Waals surface area contributed by atoms with Gasteiger partial charge < -0.3 is 25.0 Å². The van der Waals surface area contributed by atoms with Crippen LogP contribution in [-0.4, -0.2) is 69.5 Å². The number of carbonyl (C=O) groups excluding carboxylic acids is 4. The first-order valence-corrected chi connectivity index (χ1v) is 7.38. The first-order valence-electron chi connectivity index (χ1n) is 7.38. The lowest BCUT2D eigenvalue weighted by atomic mass is 10.2. The molecule has 0 saturated heterocycles.